The molecule has 0 atom stereocenters. The Balaban J connectivity index is 1.87. The van der Waals surface area contributed by atoms with E-state index in [-0.39, 0.29) is 11.7 Å². The number of benzene rings is 2. The maximum absolute atomic E-state index is 11.9. The lowest BCUT2D eigenvalue weighted by atomic mass is 10.1. The number of amidine groups is 1. The summed E-state index contributed by atoms with van der Waals surface area (Å²) in [6.45, 7) is 0. The molecule has 2 aromatic carbocycles. The number of rotatable bonds is 5. The van der Waals surface area contributed by atoms with E-state index < -0.39 is 0 Å². The van der Waals surface area contributed by atoms with Crippen LogP contribution in [0, 0.1) is 0 Å². The quantitative estimate of drug-likeness (QED) is 0.449. The summed E-state index contributed by atoms with van der Waals surface area (Å²) in [6.07, 6.45) is 1.03. The first-order valence-electron chi connectivity index (χ1n) is 6.99. The van der Waals surface area contributed by atoms with Gasteiger partial charge in [0.25, 0.3) is 0 Å². The van der Waals surface area contributed by atoms with Crippen molar-refractivity contribution in [1.82, 2.24) is 0 Å². The van der Waals surface area contributed by atoms with E-state index in [9.17, 15) is 9.90 Å². The van der Waals surface area contributed by atoms with Gasteiger partial charge in [0.2, 0.25) is 5.91 Å². The van der Waals surface area contributed by atoms with Crippen molar-refractivity contribution in [3.8, 4) is 5.75 Å². The molecule has 0 aliphatic heterocycles. The molecule has 4 N–H and O–H groups in total. The molecule has 0 heterocycles. The Kier molecular flexibility index (Phi) is 5.14. The fourth-order valence-electron chi connectivity index (χ4n) is 2.00. The van der Waals surface area contributed by atoms with E-state index in [4.69, 9.17) is 5.73 Å². The van der Waals surface area contributed by atoms with Crippen LogP contribution in [0.3, 0.4) is 0 Å². The van der Waals surface area contributed by atoms with Gasteiger partial charge in [-0.3, -0.25) is 9.79 Å². The van der Waals surface area contributed by atoms with Crippen molar-refractivity contribution in [3.63, 3.8) is 0 Å². The summed E-state index contributed by atoms with van der Waals surface area (Å²) in [7, 11) is 1.65. The van der Waals surface area contributed by atoms with Gasteiger partial charge in [0.05, 0.1) is 0 Å². The Bertz CT molecular complexity index is 661. The van der Waals surface area contributed by atoms with Crippen LogP contribution in [-0.2, 0) is 11.2 Å². The lowest BCUT2D eigenvalue weighted by Crippen LogP contribution is -2.13. The predicted octanol–water partition coefficient (Wildman–Crippen LogP) is 2.30. The van der Waals surface area contributed by atoms with Crippen molar-refractivity contribution in [1.29, 1.82) is 0 Å². The van der Waals surface area contributed by atoms with E-state index in [1.807, 2.05) is 24.3 Å². The first-order valence-corrected chi connectivity index (χ1v) is 6.99. The minimum atomic E-state index is -0.0654. The van der Waals surface area contributed by atoms with Crippen LogP contribution in [0.2, 0.25) is 0 Å². The van der Waals surface area contributed by atoms with Crippen molar-refractivity contribution >= 4 is 17.4 Å². The zero-order valence-corrected chi connectivity index (χ0v) is 12.4. The predicted molar refractivity (Wildman–Crippen MR) is 88.1 cm³/mol. The van der Waals surface area contributed by atoms with E-state index >= 15 is 0 Å². The third-order valence-electron chi connectivity index (χ3n) is 3.28. The standard InChI is InChI=1S/C17H19N3O2/c1-19-17(18)13-5-2-12(3-6-13)4-11-16(22)20-14-7-9-15(21)10-8-14/h2-3,5-10,21H,4,11H2,1H3,(H2,18,19)(H,20,22). The Morgan fingerprint density at radius 1 is 1.14 bits per heavy atom. The van der Waals surface area contributed by atoms with Gasteiger partial charge in [0.15, 0.2) is 0 Å². The smallest absolute Gasteiger partial charge is 0.224 e. The van der Waals surface area contributed by atoms with E-state index in [0.717, 1.165) is 11.1 Å². The summed E-state index contributed by atoms with van der Waals surface area (Å²) < 4.78 is 0. The molecule has 5 heteroatoms. The zero-order chi connectivity index (χ0) is 15.9. The summed E-state index contributed by atoms with van der Waals surface area (Å²) >= 11 is 0. The average molecular weight is 297 g/mol. The number of amides is 1. The number of nitrogens with zero attached hydrogens (tertiary/aromatic N) is 1. The highest BCUT2D eigenvalue weighted by Gasteiger charge is 2.04. The molecule has 0 radical (unpaired) electrons. The highest BCUT2D eigenvalue weighted by molar-refractivity contribution is 5.97. The summed E-state index contributed by atoms with van der Waals surface area (Å²) in [5.41, 5.74) is 8.34. The van der Waals surface area contributed by atoms with Crippen LogP contribution in [0.25, 0.3) is 0 Å². The van der Waals surface area contributed by atoms with Gasteiger partial charge >= 0.3 is 0 Å². The van der Waals surface area contributed by atoms with Gasteiger partial charge in [-0.2, -0.15) is 0 Å². The first kappa shape index (κ1) is 15.6. The molecular formula is C17H19N3O2. The molecule has 0 aliphatic carbocycles. The fraction of sp³-hybridized carbons (Fsp3) is 0.176. The Labute approximate surface area is 129 Å². The van der Waals surface area contributed by atoms with Crippen molar-refractivity contribution in [3.05, 3.63) is 59.7 Å². The van der Waals surface area contributed by atoms with Gasteiger partial charge in [-0.15, -0.1) is 0 Å². The van der Waals surface area contributed by atoms with Crippen LogP contribution in [0.5, 0.6) is 5.75 Å². The molecule has 22 heavy (non-hydrogen) atoms. The third kappa shape index (κ3) is 4.34. The SMILES string of the molecule is CN=C(N)c1ccc(CCC(=O)Nc2ccc(O)cc2)cc1. The minimum Gasteiger partial charge on any atom is -0.508 e. The van der Waals surface area contributed by atoms with Crippen LogP contribution in [0.15, 0.2) is 53.5 Å². The summed E-state index contributed by atoms with van der Waals surface area (Å²) in [4.78, 5) is 15.8. The molecule has 2 rings (SSSR count). The number of nitrogens with two attached hydrogens (primary N) is 1. The lowest BCUT2D eigenvalue weighted by Gasteiger charge is -2.06. The minimum absolute atomic E-state index is 0.0654. The Hall–Kier alpha value is -2.82. The average Bonchev–Trinajstić information content (AvgIpc) is 2.55. The first-order chi connectivity index (χ1) is 10.6. The molecule has 0 aliphatic rings. The van der Waals surface area contributed by atoms with Gasteiger partial charge in [-0.05, 0) is 36.2 Å². The number of hydrogen-bond acceptors (Lipinski definition) is 3. The second kappa shape index (κ2) is 7.26. The number of aliphatic imine (C=N–C) groups is 1. The molecule has 5 nitrogen and oxygen atoms in total. The number of hydrogen-bond donors (Lipinski definition) is 3. The molecule has 0 unspecified atom stereocenters. The number of carbonyl (C=O) groups is 1. The monoisotopic (exact) mass is 297 g/mol. The molecule has 114 valence electrons. The number of aryl methyl sites for hydroxylation is 1. The topological polar surface area (TPSA) is 87.7 Å². The van der Waals surface area contributed by atoms with E-state index in [1.165, 1.54) is 12.1 Å². The molecule has 0 spiro atoms. The van der Waals surface area contributed by atoms with Gasteiger partial charge in [-0.25, -0.2) is 0 Å². The second-order valence-electron chi connectivity index (χ2n) is 4.90. The fourth-order valence-corrected chi connectivity index (χ4v) is 2.00. The number of phenolic OH excluding ortho intramolecular Hbond substituents is 1. The number of aromatic hydroxyl groups is 1. The van der Waals surface area contributed by atoms with Crippen molar-refractivity contribution in [2.75, 3.05) is 12.4 Å². The van der Waals surface area contributed by atoms with Crippen molar-refractivity contribution in [2.45, 2.75) is 12.8 Å². The highest BCUT2D eigenvalue weighted by atomic mass is 16.3. The highest BCUT2D eigenvalue weighted by Crippen LogP contribution is 2.14. The molecular weight excluding hydrogens is 278 g/mol. The van der Waals surface area contributed by atoms with E-state index in [0.29, 0.717) is 24.4 Å². The molecule has 0 bridgehead atoms. The Morgan fingerprint density at radius 3 is 2.36 bits per heavy atom. The molecule has 0 saturated heterocycles. The normalized spacial score (nSPS) is 11.2. The van der Waals surface area contributed by atoms with Crippen LogP contribution in [0.1, 0.15) is 17.5 Å². The lowest BCUT2D eigenvalue weighted by molar-refractivity contribution is -0.116. The maximum atomic E-state index is 11.9. The maximum Gasteiger partial charge on any atom is 0.224 e. The van der Waals surface area contributed by atoms with Gasteiger partial charge < -0.3 is 16.2 Å². The number of nitrogens with one attached hydrogen (secondary N) is 1. The van der Waals surface area contributed by atoms with Crippen LogP contribution in [-0.4, -0.2) is 23.9 Å². The number of phenols is 1. The van der Waals surface area contributed by atoms with Gasteiger partial charge in [0, 0.05) is 24.7 Å². The molecule has 0 aromatic heterocycles. The summed E-state index contributed by atoms with van der Waals surface area (Å²) in [5, 5.41) is 12.0. The molecule has 2 aromatic rings. The summed E-state index contributed by atoms with van der Waals surface area (Å²) in [6, 6.07) is 14.1. The zero-order valence-electron chi connectivity index (χ0n) is 12.4. The number of anilines is 1. The Morgan fingerprint density at radius 2 is 1.77 bits per heavy atom. The van der Waals surface area contributed by atoms with E-state index in [2.05, 4.69) is 10.3 Å². The van der Waals surface area contributed by atoms with Gasteiger partial charge in [0.1, 0.15) is 11.6 Å². The third-order valence-corrected chi connectivity index (χ3v) is 3.28. The van der Waals surface area contributed by atoms with Crippen molar-refractivity contribution < 1.29 is 9.90 Å². The molecule has 0 fully saturated rings. The largest absolute Gasteiger partial charge is 0.508 e. The van der Waals surface area contributed by atoms with Crippen molar-refractivity contribution in [2.24, 2.45) is 10.7 Å². The summed E-state index contributed by atoms with van der Waals surface area (Å²) in [5.74, 6) is 0.606. The van der Waals surface area contributed by atoms with Crippen LogP contribution >= 0.6 is 0 Å². The number of carbonyl (C=O) groups excluding carboxylic acids is 1. The van der Waals surface area contributed by atoms with Gasteiger partial charge in [-0.1, -0.05) is 24.3 Å². The van der Waals surface area contributed by atoms with E-state index in [1.54, 1.807) is 19.2 Å². The van der Waals surface area contributed by atoms with Crippen LogP contribution < -0.4 is 11.1 Å². The molecule has 1 amide bonds. The van der Waals surface area contributed by atoms with Crippen LogP contribution in [0.4, 0.5) is 5.69 Å². The molecule has 0 saturated carbocycles. The second-order valence-corrected chi connectivity index (χ2v) is 4.90.